The lowest BCUT2D eigenvalue weighted by molar-refractivity contribution is 0.259. The summed E-state index contributed by atoms with van der Waals surface area (Å²) < 4.78 is 24.0. The third-order valence-corrected chi connectivity index (χ3v) is 2.50. The van der Waals surface area contributed by atoms with E-state index in [9.17, 15) is 4.39 Å². The molecule has 1 heterocycles. The molecule has 0 atom stereocenters. The summed E-state index contributed by atoms with van der Waals surface area (Å²) in [6, 6.07) is 5.82. The second kappa shape index (κ2) is 4.88. The van der Waals surface area contributed by atoms with Gasteiger partial charge in [-0.25, -0.2) is 9.37 Å². The lowest BCUT2D eigenvalue weighted by Gasteiger charge is -2.03. The minimum Gasteiger partial charge on any atom is -0.484 e. The van der Waals surface area contributed by atoms with Gasteiger partial charge in [-0.15, -0.1) is 0 Å². The predicted molar refractivity (Wildman–Crippen MR) is 61.4 cm³/mol. The van der Waals surface area contributed by atoms with E-state index in [-0.39, 0.29) is 12.2 Å². The maximum absolute atomic E-state index is 13.3. The van der Waals surface area contributed by atoms with Gasteiger partial charge < -0.3 is 9.15 Å². The molecule has 5 heteroatoms. The van der Waals surface area contributed by atoms with E-state index in [2.05, 4.69) is 4.98 Å². The van der Waals surface area contributed by atoms with Crippen LogP contribution in [-0.4, -0.2) is 4.98 Å². The fourth-order valence-electron chi connectivity index (χ4n) is 1.42. The molecule has 2 aromatic rings. The molecule has 0 N–H and O–H groups in total. The van der Waals surface area contributed by atoms with Crippen LogP contribution in [0.25, 0.3) is 0 Å². The zero-order chi connectivity index (χ0) is 13.1. The van der Waals surface area contributed by atoms with Crippen molar-refractivity contribution >= 4 is 0 Å². The maximum atomic E-state index is 13.3. The number of nitriles is 1. The van der Waals surface area contributed by atoms with Crippen molar-refractivity contribution in [3.63, 3.8) is 0 Å². The van der Waals surface area contributed by atoms with Gasteiger partial charge in [-0.3, -0.25) is 0 Å². The Kier molecular flexibility index (Phi) is 3.28. The number of hydrogen-bond acceptors (Lipinski definition) is 4. The molecule has 0 aliphatic carbocycles. The van der Waals surface area contributed by atoms with Crippen LogP contribution in [-0.2, 0) is 6.61 Å². The Morgan fingerprint density at radius 3 is 2.78 bits per heavy atom. The number of oxazole rings is 1. The average Bonchev–Trinajstić information content (AvgIpc) is 2.66. The molecule has 0 unspecified atom stereocenters. The summed E-state index contributed by atoms with van der Waals surface area (Å²) in [5, 5.41) is 8.59. The fraction of sp³-hybridized carbons (Fsp3) is 0.231. The molecule has 0 saturated heterocycles. The zero-order valence-electron chi connectivity index (χ0n) is 10.0. The smallest absolute Gasteiger partial charge is 0.232 e. The molecule has 0 aliphatic rings. The molecule has 18 heavy (non-hydrogen) atoms. The molecule has 1 aromatic heterocycles. The number of ether oxygens (including phenoxy) is 1. The Morgan fingerprint density at radius 2 is 2.22 bits per heavy atom. The first-order chi connectivity index (χ1) is 8.60. The van der Waals surface area contributed by atoms with Crippen molar-refractivity contribution in [3.05, 3.63) is 46.9 Å². The van der Waals surface area contributed by atoms with Crippen molar-refractivity contribution in [2.24, 2.45) is 0 Å². The first kappa shape index (κ1) is 12.1. The van der Waals surface area contributed by atoms with E-state index in [0.29, 0.717) is 11.6 Å². The van der Waals surface area contributed by atoms with Crippen LogP contribution in [0, 0.1) is 31.0 Å². The Balaban J connectivity index is 2.07. The SMILES string of the molecule is Cc1nc(COc2ccc(C#N)c(F)c2)oc1C. The normalized spacial score (nSPS) is 10.1. The van der Waals surface area contributed by atoms with Crippen LogP contribution in [0.2, 0.25) is 0 Å². The summed E-state index contributed by atoms with van der Waals surface area (Å²) in [5.41, 5.74) is 0.796. The van der Waals surface area contributed by atoms with E-state index >= 15 is 0 Å². The van der Waals surface area contributed by atoms with Gasteiger partial charge in [0.05, 0.1) is 11.3 Å². The van der Waals surface area contributed by atoms with E-state index in [1.807, 2.05) is 13.8 Å². The Bertz CT molecular complexity index is 594. The standard InChI is InChI=1S/C13H11FN2O2/c1-8-9(2)18-13(16-8)7-17-11-4-3-10(6-15)12(14)5-11/h3-5H,7H2,1-2H3. The van der Waals surface area contributed by atoms with Crippen molar-refractivity contribution in [3.8, 4) is 11.8 Å². The van der Waals surface area contributed by atoms with Gasteiger partial charge in [-0.1, -0.05) is 0 Å². The monoisotopic (exact) mass is 246 g/mol. The third kappa shape index (κ3) is 2.48. The molecule has 0 spiro atoms. The highest BCUT2D eigenvalue weighted by Gasteiger charge is 2.07. The highest BCUT2D eigenvalue weighted by atomic mass is 19.1. The van der Waals surface area contributed by atoms with E-state index in [1.165, 1.54) is 18.2 Å². The Hall–Kier alpha value is -2.35. The summed E-state index contributed by atoms with van der Waals surface area (Å²) in [6.45, 7) is 3.77. The first-order valence-corrected chi connectivity index (χ1v) is 5.35. The molecule has 0 radical (unpaired) electrons. The Labute approximate surface area is 104 Å². The van der Waals surface area contributed by atoms with Crippen molar-refractivity contribution < 1.29 is 13.5 Å². The van der Waals surface area contributed by atoms with Gasteiger partial charge in [0.2, 0.25) is 5.89 Å². The van der Waals surface area contributed by atoms with Crippen molar-refractivity contribution in [2.75, 3.05) is 0 Å². The lowest BCUT2D eigenvalue weighted by Crippen LogP contribution is -1.96. The third-order valence-electron chi connectivity index (χ3n) is 2.50. The number of rotatable bonds is 3. The van der Waals surface area contributed by atoms with Crippen molar-refractivity contribution in [1.82, 2.24) is 4.98 Å². The van der Waals surface area contributed by atoms with Gasteiger partial charge in [0.25, 0.3) is 0 Å². The van der Waals surface area contributed by atoms with Crippen LogP contribution in [0.3, 0.4) is 0 Å². The average molecular weight is 246 g/mol. The zero-order valence-corrected chi connectivity index (χ0v) is 10.0. The van der Waals surface area contributed by atoms with E-state index in [4.69, 9.17) is 14.4 Å². The van der Waals surface area contributed by atoms with Crippen molar-refractivity contribution in [2.45, 2.75) is 20.5 Å². The molecular formula is C13H11FN2O2. The van der Waals surface area contributed by atoms with Gasteiger partial charge in [-0.2, -0.15) is 5.26 Å². The molecule has 1 aromatic carbocycles. The summed E-state index contributed by atoms with van der Waals surface area (Å²) >= 11 is 0. The molecule has 2 rings (SSSR count). The number of benzene rings is 1. The van der Waals surface area contributed by atoms with E-state index in [1.54, 1.807) is 6.07 Å². The molecular weight excluding hydrogens is 235 g/mol. The fourth-order valence-corrected chi connectivity index (χ4v) is 1.42. The molecule has 0 saturated carbocycles. The minimum absolute atomic E-state index is 0.00911. The number of aromatic nitrogens is 1. The highest BCUT2D eigenvalue weighted by Crippen LogP contribution is 2.18. The molecule has 0 aliphatic heterocycles. The second-order valence-corrected chi connectivity index (χ2v) is 3.79. The van der Waals surface area contributed by atoms with Gasteiger partial charge >= 0.3 is 0 Å². The largest absolute Gasteiger partial charge is 0.484 e. The summed E-state index contributed by atoms with van der Waals surface area (Å²) in [6.07, 6.45) is 0. The van der Waals surface area contributed by atoms with Crippen molar-refractivity contribution in [1.29, 1.82) is 5.26 Å². The van der Waals surface area contributed by atoms with Crippen LogP contribution in [0.1, 0.15) is 22.9 Å². The maximum Gasteiger partial charge on any atom is 0.232 e. The molecule has 0 fully saturated rings. The second-order valence-electron chi connectivity index (χ2n) is 3.79. The minimum atomic E-state index is -0.602. The van der Waals surface area contributed by atoms with Crippen LogP contribution in [0.4, 0.5) is 4.39 Å². The topological polar surface area (TPSA) is 59.0 Å². The number of nitrogens with zero attached hydrogens (tertiary/aromatic N) is 2. The molecule has 0 amide bonds. The predicted octanol–water partition coefficient (Wildman–Crippen LogP) is 2.88. The van der Waals surface area contributed by atoms with E-state index < -0.39 is 5.82 Å². The molecule has 0 bridgehead atoms. The number of hydrogen-bond donors (Lipinski definition) is 0. The van der Waals surface area contributed by atoms with Crippen LogP contribution >= 0.6 is 0 Å². The van der Waals surface area contributed by atoms with Crippen LogP contribution < -0.4 is 4.74 Å². The van der Waals surface area contributed by atoms with Crippen LogP contribution in [0.15, 0.2) is 22.6 Å². The summed E-state index contributed by atoms with van der Waals surface area (Å²) in [7, 11) is 0. The Morgan fingerprint density at radius 1 is 1.44 bits per heavy atom. The number of aryl methyl sites for hydroxylation is 2. The summed E-state index contributed by atoms with van der Waals surface area (Å²) in [4.78, 5) is 4.14. The van der Waals surface area contributed by atoms with Gasteiger partial charge in [0.1, 0.15) is 23.4 Å². The molecule has 92 valence electrons. The summed E-state index contributed by atoms with van der Waals surface area (Å²) in [5.74, 6) is 0.907. The van der Waals surface area contributed by atoms with Gasteiger partial charge in [-0.05, 0) is 26.0 Å². The number of halogens is 1. The van der Waals surface area contributed by atoms with E-state index in [0.717, 1.165) is 11.5 Å². The van der Waals surface area contributed by atoms with Gasteiger partial charge in [0, 0.05) is 6.07 Å². The first-order valence-electron chi connectivity index (χ1n) is 5.35. The lowest BCUT2D eigenvalue weighted by atomic mass is 10.2. The van der Waals surface area contributed by atoms with Crippen LogP contribution in [0.5, 0.6) is 5.75 Å². The van der Waals surface area contributed by atoms with Gasteiger partial charge in [0.15, 0.2) is 6.61 Å². The molecule has 4 nitrogen and oxygen atoms in total. The quantitative estimate of drug-likeness (QED) is 0.835. The highest BCUT2D eigenvalue weighted by molar-refractivity contribution is 5.36.